The van der Waals surface area contributed by atoms with Gasteiger partial charge in [-0.05, 0) is 61.8 Å². The summed E-state index contributed by atoms with van der Waals surface area (Å²) in [7, 11) is 1.58. The molecule has 0 radical (unpaired) electrons. The maximum Gasteiger partial charge on any atom is 0.329 e. The van der Waals surface area contributed by atoms with Gasteiger partial charge < -0.3 is 19.9 Å². The van der Waals surface area contributed by atoms with Crippen LogP contribution in [0.1, 0.15) is 28.8 Å². The first-order valence-corrected chi connectivity index (χ1v) is 10.5. The molecule has 31 heavy (non-hydrogen) atoms. The molecule has 2 aromatic carbocycles. The van der Waals surface area contributed by atoms with E-state index in [-0.39, 0.29) is 12.5 Å². The lowest BCUT2D eigenvalue weighted by molar-refractivity contribution is 0.0950. The summed E-state index contributed by atoms with van der Waals surface area (Å²) >= 11 is 0. The maximum atomic E-state index is 12.9. The van der Waals surface area contributed by atoms with Crippen molar-refractivity contribution in [2.45, 2.75) is 19.4 Å². The number of nitrogens with one attached hydrogen (secondary N) is 2. The van der Waals surface area contributed by atoms with E-state index >= 15 is 0 Å². The number of likely N-dealkylation sites (tertiary alicyclic amines) is 1. The van der Waals surface area contributed by atoms with Crippen molar-refractivity contribution in [2.24, 2.45) is 0 Å². The molecule has 0 unspecified atom stereocenters. The summed E-state index contributed by atoms with van der Waals surface area (Å²) in [6.07, 6.45) is 2.42. The van der Waals surface area contributed by atoms with Gasteiger partial charge in [0.15, 0.2) is 0 Å². The lowest BCUT2D eigenvalue weighted by Gasteiger charge is -2.14. The Balaban J connectivity index is 1.52. The standard InChI is InChI=1S/C23H26N4O4/c1-31-18-7-4-16(5-8-18)15-27-22(29)19-9-6-17(14-20(19)25-23(27)30)21(28)24-10-13-26-11-2-3-12-26/h4-9,14H,2-3,10-13,15H2,1H3,(H,24,28)(H,25,30). The predicted molar refractivity (Wildman–Crippen MR) is 119 cm³/mol. The smallest absolute Gasteiger partial charge is 0.329 e. The normalized spacial score (nSPS) is 14.1. The molecule has 2 heterocycles. The third kappa shape index (κ3) is 4.69. The van der Waals surface area contributed by atoms with Crippen molar-refractivity contribution in [2.75, 3.05) is 33.3 Å². The van der Waals surface area contributed by atoms with E-state index < -0.39 is 11.2 Å². The van der Waals surface area contributed by atoms with Crippen LogP contribution in [0.25, 0.3) is 10.9 Å². The van der Waals surface area contributed by atoms with E-state index in [0.717, 1.165) is 29.8 Å². The topological polar surface area (TPSA) is 96.4 Å². The molecule has 8 heteroatoms. The van der Waals surface area contributed by atoms with E-state index in [1.54, 1.807) is 37.4 Å². The van der Waals surface area contributed by atoms with Gasteiger partial charge in [-0.1, -0.05) is 12.1 Å². The molecule has 162 valence electrons. The van der Waals surface area contributed by atoms with Crippen molar-refractivity contribution in [3.8, 4) is 5.75 Å². The molecule has 3 aromatic rings. The van der Waals surface area contributed by atoms with Crippen LogP contribution >= 0.6 is 0 Å². The average molecular weight is 422 g/mol. The highest BCUT2D eigenvalue weighted by Crippen LogP contribution is 2.13. The van der Waals surface area contributed by atoms with E-state index in [4.69, 9.17) is 4.74 Å². The van der Waals surface area contributed by atoms with Gasteiger partial charge in [-0.2, -0.15) is 0 Å². The van der Waals surface area contributed by atoms with Crippen LogP contribution in [0, 0.1) is 0 Å². The van der Waals surface area contributed by atoms with Gasteiger partial charge in [0, 0.05) is 18.7 Å². The molecule has 0 spiro atoms. The van der Waals surface area contributed by atoms with Crippen molar-refractivity contribution in [3.63, 3.8) is 0 Å². The number of hydrogen-bond acceptors (Lipinski definition) is 5. The van der Waals surface area contributed by atoms with Crippen LogP contribution in [-0.4, -0.2) is 53.6 Å². The molecule has 0 aliphatic carbocycles. The SMILES string of the molecule is COc1ccc(Cn2c(=O)[nH]c3cc(C(=O)NCCN4CCCC4)ccc3c2=O)cc1. The number of amides is 1. The number of ether oxygens (including phenoxy) is 1. The molecule has 8 nitrogen and oxygen atoms in total. The third-order valence-electron chi connectivity index (χ3n) is 5.66. The average Bonchev–Trinajstić information content (AvgIpc) is 3.30. The zero-order chi connectivity index (χ0) is 21.8. The number of aromatic amines is 1. The molecular weight excluding hydrogens is 396 g/mol. The van der Waals surface area contributed by atoms with E-state index in [2.05, 4.69) is 15.2 Å². The molecule has 1 saturated heterocycles. The highest BCUT2D eigenvalue weighted by molar-refractivity contribution is 5.97. The molecule has 1 fully saturated rings. The van der Waals surface area contributed by atoms with Crippen molar-refractivity contribution >= 4 is 16.8 Å². The monoisotopic (exact) mass is 422 g/mol. The summed E-state index contributed by atoms with van der Waals surface area (Å²) in [5.74, 6) is 0.485. The van der Waals surface area contributed by atoms with E-state index in [1.165, 1.54) is 12.8 Å². The van der Waals surface area contributed by atoms with Crippen molar-refractivity contribution in [1.82, 2.24) is 19.8 Å². The number of carbonyl (C=O) groups is 1. The zero-order valence-corrected chi connectivity index (χ0v) is 17.5. The molecule has 1 aromatic heterocycles. The summed E-state index contributed by atoms with van der Waals surface area (Å²) in [5, 5.41) is 3.27. The Kier molecular flexibility index (Phi) is 6.18. The summed E-state index contributed by atoms with van der Waals surface area (Å²) in [6.45, 7) is 3.70. The van der Waals surface area contributed by atoms with Crippen LogP contribution < -0.4 is 21.3 Å². The zero-order valence-electron chi connectivity index (χ0n) is 17.5. The molecule has 0 saturated carbocycles. The number of benzene rings is 2. The van der Waals surface area contributed by atoms with Crippen LogP contribution in [0.4, 0.5) is 0 Å². The largest absolute Gasteiger partial charge is 0.497 e. The summed E-state index contributed by atoms with van der Waals surface area (Å²) < 4.78 is 6.29. The fourth-order valence-electron chi connectivity index (χ4n) is 3.89. The van der Waals surface area contributed by atoms with Gasteiger partial charge in [0.2, 0.25) is 0 Å². The van der Waals surface area contributed by atoms with E-state index in [0.29, 0.717) is 28.8 Å². The number of fused-ring (bicyclic) bond motifs is 1. The molecule has 0 atom stereocenters. The van der Waals surface area contributed by atoms with Gasteiger partial charge in [0.05, 0.1) is 24.6 Å². The van der Waals surface area contributed by atoms with Crippen LogP contribution in [0.3, 0.4) is 0 Å². The molecule has 1 aliphatic heterocycles. The molecule has 1 aliphatic rings. The van der Waals surface area contributed by atoms with Crippen LogP contribution in [0.5, 0.6) is 5.75 Å². The minimum absolute atomic E-state index is 0.146. The third-order valence-corrected chi connectivity index (χ3v) is 5.66. The Morgan fingerprint density at radius 1 is 1.10 bits per heavy atom. The van der Waals surface area contributed by atoms with Crippen molar-refractivity contribution in [3.05, 3.63) is 74.4 Å². The lowest BCUT2D eigenvalue weighted by atomic mass is 10.1. The maximum absolute atomic E-state index is 12.9. The second kappa shape index (κ2) is 9.18. The first-order valence-electron chi connectivity index (χ1n) is 10.5. The number of rotatable bonds is 7. The number of aromatic nitrogens is 2. The fraction of sp³-hybridized carbons (Fsp3) is 0.348. The molecular formula is C23H26N4O4. The quantitative estimate of drug-likeness (QED) is 0.603. The minimum Gasteiger partial charge on any atom is -0.497 e. The van der Waals surface area contributed by atoms with Crippen LogP contribution in [-0.2, 0) is 6.54 Å². The fourth-order valence-corrected chi connectivity index (χ4v) is 3.89. The van der Waals surface area contributed by atoms with E-state index in [9.17, 15) is 14.4 Å². The molecule has 2 N–H and O–H groups in total. The first-order chi connectivity index (χ1) is 15.0. The number of H-pyrrole nitrogens is 1. The van der Waals surface area contributed by atoms with Crippen LogP contribution in [0.15, 0.2) is 52.1 Å². The number of carbonyl (C=O) groups excluding carboxylic acids is 1. The number of methoxy groups -OCH3 is 1. The van der Waals surface area contributed by atoms with Gasteiger partial charge in [-0.15, -0.1) is 0 Å². The Labute approximate surface area is 179 Å². The number of hydrogen-bond donors (Lipinski definition) is 2. The Bertz CT molecular complexity index is 1190. The number of nitrogens with zero attached hydrogens (tertiary/aromatic N) is 2. The lowest BCUT2D eigenvalue weighted by Crippen LogP contribution is -2.35. The van der Waals surface area contributed by atoms with Gasteiger partial charge in [-0.3, -0.25) is 14.2 Å². The second-order valence-electron chi connectivity index (χ2n) is 7.73. The van der Waals surface area contributed by atoms with Gasteiger partial charge >= 0.3 is 5.69 Å². The van der Waals surface area contributed by atoms with Crippen LogP contribution in [0.2, 0.25) is 0 Å². The second-order valence-corrected chi connectivity index (χ2v) is 7.73. The van der Waals surface area contributed by atoms with Gasteiger partial charge in [0.25, 0.3) is 11.5 Å². The van der Waals surface area contributed by atoms with E-state index in [1.807, 2.05) is 12.1 Å². The Morgan fingerprint density at radius 2 is 1.84 bits per heavy atom. The van der Waals surface area contributed by atoms with Gasteiger partial charge in [0.1, 0.15) is 5.75 Å². The molecule has 4 rings (SSSR count). The van der Waals surface area contributed by atoms with Crippen molar-refractivity contribution in [1.29, 1.82) is 0 Å². The molecule has 1 amide bonds. The highest BCUT2D eigenvalue weighted by atomic mass is 16.5. The highest BCUT2D eigenvalue weighted by Gasteiger charge is 2.14. The Morgan fingerprint density at radius 3 is 2.55 bits per heavy atom. The summed E-state index contributed by atoms with van der Waals surface area (Å²) in [4.78, 5) is 43.0. The predicted octanol–water partition coefficient (Wildman–Crippen LogP) is 1.57. The Hall–Kier alpha value is -3.39. The minimum atomic E-state index is -0.514. The van der Waals surface area contributed by atoms with Gasteiger partial charge in [-0.25, -0.2) is 4.79 Å². The molecule has 0 bridgehead atoms. The van der Waals surface area contributed by atoms with Crippen molar-refractivity contribution < 1.29 is 9.53 Å². The first kappa shape index (κ1) is 20.9. The summed E-state index contributed by atoms with van der Waals surface area (Å²) in [5.41, 5.74) is 0.669. The summed E-state index contributed by atoms with van der Waals surface area (Å²) in [6, 6.07) is 11.9.